The fourth-order valence-corrected chi connectivity index (χ4v) is 11.4. The number of fused-ring (bicyclic) bond motifs is 14. The van der Waals surface area contributed by atoms with E-state index in [1.807, 2.05) is 24.3 Å². The van der Waals surface area contributed by atoms with Gasteiger partial charge in [0.25, 0.3) is 0 Å². The maximum atomic E-state index is 5.27. The van der Waals surface area contributed by atoms with Crippen LogP contribution < -0.4 is 11.0 Å². The van der Waals surface area contributed by atoms with Gasteiger partial charge < -0.3 is 0 Å². The number of hydrogen-bond acceptors (Lipinski definition) is 6. The third-order valence-electron chi connectivity index (χ3n) is 8.21. The molecule has 10 rings (SSSR count). The summed E-state index contributed by atoms with van der Waals surface area (Å²) >= 11 is -2.25. The maximum absolute atomic E-state index is 5.27. The number of rotatable bonds is 0. The number of nitrogens with zero attached hydrogens (tertiary/aromatic N) is 8. The van der Waals surface area contributed by atoms with E-state index in [0.29, 0.717) is 23.3 Å². The first-order valence-corrected chi connectivity index (χ1v) is 17.1. The summed E-state index contributed by atoms with van der Waals surface area (Å²) < 4.78 is 4.73. The normalized spacial score (nSPS) is 16.3. The molecule has 0 unspecified atom stereocenters. The van der Waals surface area contributed by atoms with Crippen LogP contribution in [0.3, 0.4) is 0 Å². The van der Waals surface area contributed by atoms with Crippen LogP contribution in [0.25, 0.3) is 21.5 Å². The molecule has 9 heteroatoms. The minimum absolute atomic E-state index is 0.683. The molecule has 41 heavy (non-hydrogen) atoms. The molecule has 6 heterocycles. The molecule has 6 bridgehead atoms. The van der Waals surface area contributed by atoms with Crippen LogP contribution in [0.4, 0.5) is 11.6 Å². The van der Waals surface area contributed by atoms with Gasteiger partial charge in [0.2, 0.25) is 0 Å². The van der Waals surface area contributed by atoms with Crippen LogP contribution in [0.1, 0.15) is 22.3 Å². The molecule has 8 nitrogen and oxygen atoms in total. The van der Waals surface area contributed by atoms with E-state index in [9.17, 15) is 0 Å². The molecule has 4 aromatic carbocycles. The van der Waals surface area contributed by atoms with E-state index in [0.717, 1.165) is 66.4 Å². The van der Waals surface area contributed by atoms with Gasteiger partial charge >= 0.3 is 244 Å². The van der Waals surface area contributed by atoms with E-state index in [-0.39, 0.29) is 0 Å². The van der Waals surface area contributed by atoms with Gasteiger partial charge in [-0.05, 0) is 0 Å². The third-order valence-corrected chi connectivity index (χ3v) is 13.2. The number of amidine groups is 4. The Balaban J connectivity index is 1.48. The van der Waals surface area contributed by atoms with Crippen LogP contribution in [-0.2, 0) is 0 Å². The predicted molar refractivity (Wildman–Crippen MR) is 164 cm³/mol. The van der Waals surface area contributed by atoms with Crippen molar-refractivity contribution in [1.82, 2.24) is 5.58 Å². The molecule has 0 saturated heterocycles. The van der Waals surface area contributed by atoms with Crippen molar-refractivity contribution in [3.05, 3.63) is 130 Å². The predicted octanol–water partition coefficient (Wildman–Crippen LogP) is 3.93. The monoisotopic (exact) mass is 634 g/mol. The Bertz CT molecular complexity index is 2290. The van der Waals surface area contributed by atoms with Crippen LogP contribution in [0.2, 0.25) is 0 Å². The SMILES string of the molecule is c1ccc2c(c1)C1=NC2=Nc2c3ccccc3c3[n]2[SnH2][n]2c(c4ccccc4c2=NC2=NC(=N3)c3ccccc32)=N1. The zero-order valence-electron chi connectivity index (χ0n) is 21.5. The minimum atomic E-state index is -2.25. The summed E-state index contributed by atoms with van der Waals surface area (Å²) in [5.74, 6) is 4.50. The molecule has 0 aliphatic carbocycles. The van der Waals surface area contributed by atoms with Gasteiger partial charge in [0.15, 0.2) is 0 Å². The fraction of sp³-hybridized carbons (Fsp3) is 0. The Kier molecular flexibility index (Phi) is 4.16. The molecular weight excluding hydrogens is 615 g/mol. The zero-order chi connectivity index (χ0) is 26.7. The molecule has 4 aliphatic rings. The Morgan fingerprint density at radius 1 is 0.366 bits per heavy atom. The molecule has 2 aromatic heterocycles. The molecule has 4 aliphatic heterocycles. The fourth-order valence-electron chi connectivity index (χ4n) is 6.35. The van der Waals surface area contributed by atoms with E-state index in [2.05, 4.69) is 78.4 Å². The van der Waals surface area contributed by atoms with E-state index in [1.165, 1.54) is 0 Å². The second-order valence-electron chi connectivity index (χ2n) is 10.4. The Morgan fingerprint density at radius 3 is 1.17 bits per heavy atom. The van der Waals surface area contributed by atoms with Crippen LogP contribution in [0.15, 0.2) is 127 Å². The summed E-state index contributed by atoms with van der Waals surface area (Å²) in [6.45, 7) is 0. The number of aromatic nitrogens is 2. The average Bonchev–Trinajstić information content (AvgIpc) is 3.72. The van der Waals surface area contributed by atoms with E-state index < -0.39 is 21.7 Å². The number of benzene rings is 4. The molecule has 0 N–H and O–H groups in total. The molecule has 0 saturated carbocycles. The van der Waals surface area contributed by atoms with Crippen molar-refractivity contribution in [2.24, 2.45) is 30.0 Å². The standard InChI is InChI=1S/C32H16N8.Sn.2H/c1-2-10-18-17(9-1)25-33-26(18)38-28-21-13-5-6-14-22(21)30(35-28)40-32-24-16-8-7-15-23(24)31(36-32)39-29-20-12-4-3-11-19(20)27(34-29)37-25;;;/h1-16H;;;/q-2;+2;;. The zero-order valence-corrected chi connectivity index (χ0v) is 25.6. The molecular formula is C32H18N8Sn. The van der Waals surface area contributed by atoms with Gasteiger partial charge in [-0.3, -0.25) is 0 Å². The Labute approximate surface area is 243 Å². The van der Waals surface area contributed by atoms with Crippen molar-refractivity contribution in [1.29, 1.82) is 0 Å². The summed E-state index contributed by atoms with van der Waals surface area (Å²) in [4.78, 5) is 31.1. The van der Waals surface area contributed by atoms with Gasteiger partial charge in [0, 0.05) is 0 Å². The summed E-state index contributed by atoms with van der Waals surface area (Å²) in [5, 5.41) is 4.23. The molecule has 190 valence electrons. The van der Waals surface area contributed by atoms with Crippen molar-refractivity contribution in [2.45, 2.75) is 0 Å². The Hall–Kier alpha value is -4.96. The van der Waals surface area contributed by atoms with Gasteiger partial charge in [0.05, 0.1) is 0 Å². The molecule has 0 amide bonds. The number of hydrogen-bond donors (Lipinski definition) is 0. The molecule has 0 spiro atoms. The molecule has 0 radical (unpaired) electrons. The van der Waals surface area contributed by atoms with E-state index >= 15 is 0 Å². The van der Waals surface area contributed by atoms with Gasteiger partial charge in [0.1, 0.15) is 0 Å². The summed E-state index contributed by atoms with van der Waals surface area (Å²) in [7, 11) is 0. The van der Waals surface area contributed by atoms with Crippen molar-refractivity contribution in [3.63, 3.8) is 0 Å². The van der Waals surface area contributed by atoms with Crippen LogP contribution in [0.5, 0.6) is 0 Å². The summed E-state index contributed by atoms with van der Waals surface area (Å²) in [6, 6.07) is 33.3. The number of aliphatic imine (C=N–C) groups is 4. The summed E-state index contributed by atoms with van der Waals surface area (Å²) in [5.41, 5.74) is 5.73. The van der Waals surface area contributed by atoms with Gasteiger partial charge in [-0.1, -0.05) is 0 Å². The first kappa shape index (κ1) is 21.8. The van der Waals surface area contributed by atoms with Crippen LogP contribution >= 0.6 is 0 Å². The molecule has 6 aromatic rings. The first-order chi connectivity index (χ1) is 20.3. The molecule has 0 atom stereocenters. The average molecular weight is 633 g/mol. The van der Waals surface area contributed by atoms with Crippen molar-refractivity contribution in [2.75, 3.05) is 0 Å². The summed E-state index contributed by atoms with van der Waals surface area (Å²) in [6.07, 6.45) is 0. The first-order valence-electron chi connectivity index (χ1n) is 13.5. The third kappa shape index (κ3) is 2.89. The van der Waals surface area contributed by atoms with Crippen molar-refractivity contribution in [3.8, 4) is 0 Å². The Morgan fingerprint density at radius 2 is 0.732 bits per heavy atom. The van der Waals surface area contributed by atoms with Crippen LogP contribution in [0, 0.1) is 0 Å². The topological polar surface area (TPSA) is 84.0 Å². The van der Waals surface area contributed by atoms with E-state index in [4.69, 9.17) is 30.0 Å². The second kappa shape index (κ2) is 7.82. The van der Waals surface area contributed by atoms with Crippen LogP contribution in [-0.4, -0.2) is 50.6 Å². The van der Waals surface area contributed by atoms with E-state index in [1.54, 1.807) is 0 Å². The van der Waals surface area contributed by atoms with Gasteiger partial charge in [-0.15, -0.1) is 0 Å². The van der Waals surface area contributed by atoms with Crippen molar-refractivity contribution >= 4 is 78.2 Å². The van der Waals surface area contributed by atoms with Gasteiger partial charge in [-0.2, -0.15) is 0 Å². The molecule has 0 fully saturated rings. The van der Waals surface area contributed by atoms with Gasteiger partial charge in [-0.25, -0.2) is 0 Å². The quantitative estimate of drug-likeness (QED) is 0.227. The van der Waals surface area contributed by atoms with Crippen molar-refractivity contribution < 1.29 is 0 Å². The second-order valence-corrected chi connectivity index (χ2v) is 14.9.